The maximum atomic E-state index is 14.9. The number of benzene rings is 1. The third-order valence-electron chi connectivity index (χ3n) is 7.91. The van der Waals surface area contributed by atoms with Crippen molar-refractivity contribution in [2.24, 2.45) is 4.99 Å². The SMILES string of the molecule is O=C(Nc1ccc(-c2cc3c(cn2)OC2(CCCN(C4=CNC(C(F)(F)F)C=N4)CC2)C3)cc1F)N1CCOCC1. The summed E-state index contributed by atoms with van der Waals surface area (Å²) in [6.45, 7) is 3.06. The lowest BCUT2D eigenvalue weighted by molar-refractivity contribution is -0.136. The number of likely N-dealkylation sites (tertiary alicyclic amines) is 1. The van der Waals surface area contributed by atoms with E-state index in [1.54, 1.807) is 17.2 Å². The number of rotatable bonds is 3. The number of nitrogens with zero attached hydrogens (tertiary/aromatic N) is 4. The molecule has 2 atom stereocenters. The quantitative estimate of drug-likeness (QED) is 0.531. The molecule has 5 heterocycles. The van der Waals surface area contributed by atoms with Crippen LogP contribution in [0.3, 0.4) is 0 Å². The summed E-state index contributed by atoms with van der Waals surface area (Å²) in [5.74, 6) is 0.606. The molecule has 6 rings (SSSR count). The van der Waals surface area contributed by atoms with Crippen molar-refractivity contribution in [3.05, 3.63) is 53.9 Å². The maximum absolute atomic E-state index is 14.9. The topological polar surface area (TPSA) is 91.3 Å². The molecule has 13 heteroatoms. The Balaban J connectivity index is 1.10. The molecule has 4 aliphatic heterocycles. The molecule has 9 nitrogen and oxygen atoms in total. The molecule has 2 N–H and O–H groups in total. The van der Waals surface area contributed by atoms with Crippen LogP contribution in [0.5, 0.6) is 5.75 Å². The van der Waals surface area contributed by atoms with E-state index in [4.69, 9.17) is 9.47 Å². The second kappa shape index (κ2) is 10.8. The first-order valence-corrected chi connectivity index (χ1v) is 13.6. The van der Waals surface area contributed by atoms with Gasteiger partial charge in [-0.05, 0) is 31.0 Å². The number of alkyl halides is 3. The van der Waals surface area contributed by atoms with E-state index in [0.717, 1.165) is 24.6 Å². The number of amides is 2. The predicted molar refractivity (Wildman–Crippen MR) is 143 cm³/mol. The molecular formula is C28H30F4N6O3. The Morgan fingerprint density at radius 2 is 1.95 bits per heavy atom. The Hall–Kier alpha value is -3.87. The summed E-state index contributed by atoms with van der Waals surface area (Å²) >= 11 is 0. The minimum atomic E-state index is -4.39. The molecule has 2 aromatic rings. The van der Waals surface area contributed by atoms with Crippen molar-refractivity contribution in [3.63, 3.8) is 0 Å². The lowest BCUT2D eigenvalue weighted by Gasteiger charge is -2.29. The van der Waals surface area contributed by atoms with Gasteiger partial charge in [0.25, 0.3) is 0 Å². The highest BCUT2D eigenvalue weighted by atomic mass is 19.4. The van der Waals surface area contributed by atoms with E-state index in [0.29, 0.717) is 75.1 Å². The van der Waals surface area contributed by atoms with Gasteiger partial charge in [0, 0.05) is 62.6 Å². The summed E-state index contributed by atoms with van der Waals surface area (Å²) in [6.07, 6.45) is 2.37. The predicted octanol–water partition coefficient (Wildman–Crippen LogP) is 4.32. The number of morpholine rings is 1. The van der Waals surface area contributed by atoms with Gasteiger partial charge in [0.05, 0.1) is 30.8 Å². The van der Waals surface area contributed by atoms with Gasteiger partial charge in [-0.3, -0.25) is 4.98 Å². The van der Waals surface area contributed by atoms with Gasteiger partial charge in [-0.2, -0.15) is 13.2 Å². The van der Waals surface area contributed by atoms with E-state index in [1.807, 2.05) is 11.0 Å². The zero-order valence-corrected chi connectivity index (χ0v) is 22.2. The summed E-state index contributed by atoms with van der Waals surface area (Å²) in [4.78, 5) is 24.6. The van der Waals surface area contributed by atoms with E-state index in [9.17, 15) is 22.4 Å². The molecular weight excluding hydrogens is 544 g/mol. The fourth-order valence-corrected chi connectivity index (χ4v) is 5.65. The summed E-state index contributed by atoms with van der Waals surface area (Å²) in [5.41, 5.74) is 1.79. The van der Waals surface area contributed by atoms with Crippen LogP contribution < -0.4 is 15.4 Å². The number of hydrogen-bond donors (Lipinski definition) is 2. The van der Waals surface area contributed by atoms with E-state index in [1.165, 1.54) is 18.3 Å². The highest BCUT2D eigenvalue weighted by Crippen LogP contribution is 2.42. The van der Waals surface area contributed by atoms with Crippen LogP contribution in [0.25, 0.3) is 11.3 Å². The number of urea groups is 1. The maximum Gasteiger partial charge on any atom is 0.413 e. The van der Waals surface area contributed by atoms with Crippen LogP contribution in [0.2, 0.25) is 0 Å². The summed E-state index contributed by atoms with van der Waals surface area (Å²) in [7, 11) is 0. The zero-order valence-electron chi connectivity index (χ0n) is 22.2. The number of nitrogens with one attached hydrogen (secondary N) is 2. The van der Waals surface area contributed by atoms with Crippen LogP contribution >= 0.6 is 0 Å². The first-order valence-electron chi connectivity index (χ1n) is 13.6. The Morgan fingerprint density at radius 1 is 1.12 bits per heavy atom. The van der Waals surface area contributed by atoms with Crippen LogP contribution in [0.4, 0.5) is 28.0 Å². The summed E-state index contributed by atoms with van der Waals surface area (Å²) in [5, 5.41) is 5.01. The van der Waals surface area contributed by atoms with E-state index < -0.39 is 23.6 Å². The molecule has 0 bridgehead atoms. The van der Waals surface area contributed by atoms with Gasteiger partial charge < -0.3 is 29.9 Å². The minimum Gasteiger partial charge on any atom is -0.485 e. The van der Waals surface area contributed by atoms with Crippen LogP contribution in [0.15, 0.2) is 47.5 Å². The average Bonchev–Trinajstić information content (AvgIpc) is 3.20. The molecule has 0 saturated carbocycles. The number of fused-ring (bicyclic) bond motifs is 1. The Bertz CT molecular complexity index is 1380. The van der Waals surface area contributed by atoms with Gasteiger partial charge in [0.15, 0.2) is 6.04 Å². The number of carbonyl (C=O) groups is 1. The normalized spacial score (nSPS) is 24.3. The van der Waals surface area contributed by atoms with Crippen molar-refractivity contribution in [2.45, 2.75) is 43.5 Å². The second-order valence-corrected chi connectivity index (χ2v) is 10.7. The number of ether oxygens (including phenoxy) is 2. The van der Waals surface area contributed by atoms with Crippen LogP contribution in [-0.4, -0.2) is 84.2 Å². The van der Waals surface area contributed by atoms with Gasteiger partial charge in [0.1, 0.15) is 23.0 Å². The molecule has 1 aromatic heterocycles. The number of aliphatic imine (C=N–C) groups is 1. The van der Waals surface area contributed by atoms with Gasteiger partial charge >= 0.3 is 12.2 Å². The molecule has 0 aliphatic carbocycles. The van der Waals surface area contributed by atoms with Crippen LogP contribution in [0, 0.1) is 5.82 Å². The highest BCUT2D eigenvalue weighted by Gasteiger charge is 2.42. The van der Waals surface area contributed by atoms with Crippen molar-refractivity contribution in [2.75, 3.05) is 44.7 Å². The smallest absolute Gasteiger partial charge is 0.413 e. The fourth-order valence-electron chi connectivity index (χ4n) is 5.65. The highest BCUT2D eigenvalue weighted by molar-refractivity contribution is 5.90. The van der Waals surface area contributed by atoms with Crippen molar-refractivity contribution in [3.8, 4) is 17.0 Å². The van der Waals surface area contributed by atoms with Crippen molar-refractivity contribution in [1.29, 1.82) is 0 Å². The standard InChI is InChI=1S/C28H30F4N6O3/c29-20-12-18(2-3-21(20)36-26(39)38-8-10-40-11-9-38)22-13-19-14-27(41-23(19)15-33-22)4-1-6-37(7-5-27)25-17-34-24(16-35-25)28(30,31)32/h2-3,12-13,15-17,24,34H,1,4-11,14H2,(H,36,39). The van der Waals surface area contributed by atoms with Crippen molar-refractivity contribution in [1.82, 2.24) is 20.1 Å². The van der Waals surface area contributed by atoms with E-state index in [2.05, 4.69) is 20.6 Å². The van der Waals surface area contributed by atoms with Gasteiger partial charge in [-0.1, -0.05) is 6.07 Å². The first-order chi connectivity index (χ1) is 19.7. The Morgan fingerprint density at radius 3 is 2.68 bits per heavy atom. The molecule has 1 aromatic carbocycles. The lowest BCUT2D eigenvalue weighted by Crippen LogP contribution is -2.44. The second-order valence-electron chi connectivity index (χ2n) is 10.7. The lowest BCUT2D eigenvalue weighted by atomic mass is 9.89. The molecule has 1 spiro atoms. The Labute approximate surface area is 234 Å². The molecule has 41 heavy (non-hydrogen) atoms. The number of aromatic nitrogens is 1. The van der Waals surface area contributed by atoms with Gasteiger partial charge in [-0.15, -0.1) is 0 Å². The van der Waals surface area contributed by atoms with Crippen LogP contribution in [0.1, 0.15) is 24.8 Å². The molecule has 0 radical (unpaired) electrons. The number of anilines is 1. The molecule has 2 unspecified atom stereocenters. The fraction of sp³-hybridized carbons (Fsp3) is 0.464. The summed E-state index contributed by atoms with van der Waals surface area (Å²) < 4.78 is 65.4. The zero-order chi connectivity index (χ0) is 28.6. The largest absolute Gasteiger partial charge is 0.485 e. The summed E-state index contributed by atoms with van der Waals surface area (Å²) in [6, 6.07) is 4.37. The number of halogens is 4. The molecule has 4 aliphatic rings. The van der Waals surface area contributed by atoms with Crippen molar-refractivity contribution >= 4 is 17.9 Å². The average molecular weight is 575 g/mol. The van der Waals surface area contributed by atoms with Gasteiger partial charge in [0.2, 0.25) is 0 Å². The minimum absolute atomic E-state index is 0.0956. The van der Waals surface area contributed by atoms with Gasteiger partial charge in [-0.25, -0.2) is 14.2 Å². The van der Waals surface area contributed by atoms with Crippen LogP contribution in [-0.2, 0) is 11.2 Å². The van der Waals surface area contributed by atoms with E-state index >= 15 is 0 Å². The number of pyridine rings is 1. The monoisotopic (exact) mass is 574 g/mol. The molecule has 2 saturated heterocycles. The molecule has 2 fully saturated rings. The molecule has 218 valence electrons. The third-order valence-corrected chi connectivity index (χ3v) is 7.91. The van der Waals surface area contributed by atoms with Crippen molar-refractivity contribution < 1.29 is 31.8 Å². The Kier molecular flexibility index (Phi) is 7.22. The third kappa shape index (κ3) is 5.81. The van der Waals surface area contributed by atoms with E-state index in [-0.39, 0.29) is 11.7 Å². The number of carbonyl (C=O) groups excluding carboxylic acids is 1. The first kappa shape index (κ1) is 27.3. The number of hydrogen-bond acceptors (Lipinski definition) is 7. The molecule has 2 amide bonds.